The molecular formula is C26H23FN4O. The van der Waals surface area contributed by atoms with Crippen LogP contribution in [0.5, 0.6) is 0 Å². The third kappa shape index (κ3) is 3.75. The van der Waals surface area contributed by atoms with E-state index in [-0.39, 0.29) is 17.6 Å². The highest BCUT2D eigenvalue weighted by Gasteiger charge is 2.40. The molecule has 3 aromatic rings. The molecule has 0 saturated heterocycles. The molecule has 2 unspecified atom stereocenters. The van der Waals surface area contributed by atoms with Crippen molar-refractivity contribution in [3.8, 4) is 6.07 Å². The minimum Gasteiger partial charge on any atom is -0.324 e. The first-order valence-corrected chi connectivity index (χ1v) is 10.9. The van der Waals surface area contributed by atoms with E-state index in [9.17, 15) is 9.18 Å². The lowest BCUT2D eigenvalue weighted by Gasteiger charge is -2.17. The lowest BCUT2D eigenvalue weighted by Crippen LogP contribution is -2.22. The molecule has 1 N–H and O–H groups in total. The van der Waals surface area contributed by atoms with Crippen molar-refractivity contribution in [1.82, 2.24) is 9.97 Å². The normalized spacial score (nSPS) is 22.8. The molecule has 4 atom stereocenters. The number of rotatable bonds is 4. The molecule has 0 bridgehead atoms. The SMILES string of the molecule is CC(C(=O)Nc1ccc(C#N)nc1)C1=C[C@H]2CC(c3ccnc4ccc(F)cc34)C[C@H]2C1. The summed E-state index contributed by atoms with van der Waals surface area (Å²) in [6.07, 6.45) is 8.57. The molecule has 5 nitrogen and oxygen atoms in total. The van der Waals surface area contributed by atoms with Crippen molar-refractivity contribution in [3.63, 3.8) is 0 Å². The van der Waals surface area contributed by atoms with E-state index < -0.39 is 0 Å². The van der Waals surface area contributed by atoms with Gasteiger partial charge >= 0.3 is 0 Å². The molecule has 1 amide bonds. The smallest absolute Gasteiger partial charge is 0.231 e. The van der Waals surface area contributed by atoms with Gasteiger partial charge in [0.15, 0.2) is 0 Å². The zero-order valence-electron chi connectivity index (χ0n) is 17.8. The zero-order chi connectivity index (χ0) is 22.2. The summed E-state index contributed by atoms with van der Waals surface area (Å²) in [6.45, 7) is 1.94. The minimum absolute atomic E-state index is 0.0603. The number of hydrogen-bond acceptors (Lipinski definition) is 4. The van der Waals surface area contributed by atoms with Crippen molar-refractivity contribution in [2.75, 3.05) is 5.32 Å². The van der Waals surface area contributed by atoms with Crippen LogP contribution in [0.25, 0.3) is 10.9 Å². The van der Waals surface area contributed by atoms with Gasteiger partial charge in [0, 0.05) is 11.6 Å². The first-order valence-electron chi connectivity index (χ1n) is 10.9. The number of fused-ring (bicyclic) bond motifs is 2. The van der Waals surface area contributed by atoms with E-state index in [4.69, 9.17) is 5.26 Å². The van der Waals surface area contributed by atoms with Gasteiger partial charge in [0.1, 0.15) is 17.6 Å². The molecule has 2 aliphatic carbocycles. The predicted molar refractivity (Wildman–Crippen MR) is 120 cm³/mol. The number of carbonyl (C=O) groups excluding carboxylic acids is 1. The Morgan fingerprint density at radius 3 is 2.84 bits per heavy atom. The Labute approximate surface area is 186 Å². The first-order chi connectivity index (χ1) is 15.5. The van der Waals surface area contributed by atoms with E-state index in [1.165, 1.54) is 23.4 Å². The highest BCUT2D eigenvalue weighted by Crippen LogP contribution is 2.51. The van der Waals surface area contributed by atoms with Gasteiger partial charge in [-0.15, -0.1) is 0 Å². The summed E-state index contributed by atoms with van der Waals surface area (Å²) in [5.41, 5.74) is 4.11. The highest BCUT2D eigenvalue weighted by molar-refractivity contribution is 5.94. The molecule has 32 heavy (non-hydrogen) atoms. The molecule has 2 aliphatic rings. The monoisotopic (exact) mass is 426 g/mol. The number of amides is 1. The summed E-state index contributed by atoms with van der Waals surface area (Å²) in [7, 11) is 0. The molecule has 5 rings (SSSR count). The van der Waals surface area contributed by atoms with Gasteiger partial charge in [-0.25, -0.2) is 9.37 Å². The molecule has 160 valence electrons. The molecule has 1 saturated carbocycles. The molecule has 2 aromatic heterocycles. The maximum atomic E-state index is 13.9. The number of nitriles is 1. The van der Waals surface area contributed by atoms with Gasteiger partial charge in [-0.3, -0.25) is 9.78 Å². The molecule has 1 aromatic carbocycles. The van der Waals surface area contributed by atoms with Crippen molar-refractivity contribution >= 4 is 22.5 Å². The number of hydrogen-bond donors (Lipinski definition) is 1. The average molecular weight is 426 g/mol. The average Bonchev–Trinajstić information content (AvgIpc) is 3.38. The van der Waals surface area contributed by atoms with Gasteiger partial charge in [0.25, 0.3) is 0 Å². The second-order valence-corrected chi connectivity index (χ2v) is 8.85. The fourth-order valence-electron chi connectivity index (χ4n) is 5.27. The van der Waals surface area contributed by atoms with Crippen LogP contribution in [0.2, 0.25) is 0 Å². The van der Waals surface area contributed by atoms with Crippen LogP contribution in [0.4, 0.5) is 10.1 Å². The predicted octanol–water partition coefficient (Wildman–Crippen LogP) is 5.36. The van der Waals surface area contributed by atoms with Crippen LogP contribution in [0.3, 0.4) is 0 Å². The maximum Gasteiger partial charge on any atom is 0.231 e. The van der Waals surface area contributed by atoms with Crippen LogP contribution < -0.4 is 5.32 Å². The van der Waals surface area contributed by atoms with E-state index in [1.807, 2.05) is 25.3 Å². The van der Waals surface area contributed by atoms with E-state index in [2.05, 4.69) is 21.4 Å². The minimum atomic E-state index is -0.232. The van der Waals surface area contributed by atoms with E-state index in [1.54, 1.807) is 24.3 Å². The van der Waals surface area contributed by atoms with Crippen molar-refractivity contribution in [2.24, 2.45) is 17.8 Å². The Hall–Kier alpha value is -3.59. The van der Waals surface area contributed by atoms with Gasteiger partial charge in [-0.05, 0) is 85.9 Å². The number of halogens is 1. The Kier molecular flexibility index (Phi) is 5.18. The molecule has 0 spiro atoms. The topological polar surface area (TPSA) is 78.7 Å². The summed E-state index contributed by atoms with van der Waals surface area (Å²) in [6, 6.07) is 12.1. The molecule has 1 fully saturated rings. The summed E-state index contributed by atoms with van der Waals surface area (Å²) in [4.78, 5) is 21.1. The molecule has 0 radical (unpaired) electrons. The quantitative estimate of drug-likeness (QED) is 0.570. The van der Waals surface area contributed by atoms with Gasteiger partial charge in [0.2, 0.25) is 5.91 Å². The highest BCUT2D eigenvalue weighted by atomic mass is 19.1. The van der Waals surface area contributed by atoms with Crippen LogP contribution in [-0.2, 0) is 4.79 Å². The largest absolute Gasteiger partial charge is 0.324 e. The first kappa shape index (κ1) is 20.3. The maximum absolute atomic E-state index is 13.9. The molecular weight excluding hydrogens is 403 g/mol. The molecule has 0 aliphatic heterocycles. The van der Waals surface area contributed by atoms with Crippen molar-refractivity contribution in [1.29, 1.82) is 5.26 Å². The Morgan fingerprint density at radius 1 is 1.22 bits per heavy atom. The lowest BCUT2D eigenvalue weighted by molar-refractivity contribution is -0.118. The van der Waals surface area contributed by atoms with Gasteiger partial charge in [0.05, 0.1) is 23.3 Å². The number of aromatic nitrogens is 2. The van der Waals surface area contributed by atoms with Crippen molar-refractivity contribution < 1.29 is 9.18 Å². The molecule has 2 heterocycles. The number of benzene rings is 1. The van der Waals surface area contributed by atoms with Crippen molar-refractivity contribution in [3.05, 3.63) is 77.5 Å². The zero-order valence-corrected chi connectivity index (χ0v) is 17.8. The van der Waals surface area contributed by atoms with E-state index in [0.717, 1.165) is 30.2 Å². The second-order valence-electron chi connectivity index (χ2n) is 8.85. The van der Waals surface area contributed by atoms with Gasteiger partial charge in [-0.1, -0.05) is 11.6 Å². The van der Waals surface area contributed by atoms with Crippen LogP contribution in [0.15, 0.2) is 60.4 Å². The van der Waals surface area contributed by atoms with Crippen molar-refractivity contribution in [2.45, 2.75) is 32.1 Å². The summed E-state index contributed by atoms with van der Waals surface area (Å²) < 4.78 is 13.9. The van der Waals surface area contributed by atoms with Crippen LogP contribution in [0.1, 0.15) is 43.4 Å². The van der Waals surface area contributed by atoms with Gasteiger partial charge in [-0.2, -0.15) is 5.26 Å². The fraction of sp³-hybridized carbons (Fsp3) is 0.308. The third-order valence-electron chi connectivity index (χ3n) is 6.95. The van der Waals surface area contributed by atoms with E-state index in [0.29, 0.717) is 29.1 Å². The van der Waals surface area contributed by atoms with E-state index >= 15 is 0 Å². The fourth-order valence-corrected chi connectivity index (χ4v) is 5.27. The Morgan fingerprint density at radius 2 is 2.09 bits per heavy atom. The standard InChI is InChI=1S/C26H23FN4O/c1-15(26(32)31-22-4-3-21(13-28)30-14-22)16-8-17-10-19(11-18(17)9-16)23-6-7-29-25-5-2-20(27)12-24(23)25/h2-8,12,14-15,17-19H,9-11H2,1H3,(H,31,32)/t15?,17-,18+,19?/m0/s1. The molecule has 6 heteroatoms. The number of anilines is 1. The third-order valence-corrected chi connectivity index (χ3v) is 6.95. The van der Waals surface area contributed by atoms with Crippen LogP contribution >= 0.6 is 0 Å². The summed E-state index contributed by atoms with van der Waals surface area (Å²) in [5.74, 6) is 0.825. The summed E-state index contributed by atoms with van der Waals surface area (Å²) in [5, 5.41) is 12.7. The van der Waals surface area contributed by atoms with Gasteiger partial charge < -0.3 is 5.32 Å². The number of pyridine rings is 2. The summed E-state index contributed by atoms with van der Waals surface area (Å²) >= 11 is 0. The lowest BCUT2D eigenvalue weighted by atomic mass is 9.90. The number of nitrogens with one attached hydrogen (secondary N) is 1. The van der Waals surface area contributed by atoms with Crippen LogP contribution in [0, 0.1) is 34.9 Å². The Bertz CT molecular complexity index is 1260. The number of nitrogens with zero attached hydrogens (tertiary/aromatic N) is 3. The number of carbonyl (C=O) groups is 1. The number of allylic oxidation sites excluding steroid dienone is 1. The Balaban J connectivity index is 1.28. The van der Waals surface area contributed by atoms with Crippen LogP contribution in [-0.4, -0.2) is 15.9 Å². The second kappa shape index (κ2) is 8.16.